The molecule has 0 saturated heterocycles. The Balaban J connectivity index is -0.000000345. The molecular weight excluding hydrogens is 339 g/mol. The van der Waals surface area contributed by atoms with Crippen molar-refractivity contribution in [3.05, 3.63) is 35.4 Å². The number of carbonyl (C=O) groups is 2. The minimum absolute atomic E-state index is 0. The van der Waals surface area contributed by atoms with Gasteiger partial charge in [-0.2, -0.15) is 0 Å². The molecule has 0 aliphatic carbocycles. The van der Waals surface area contributed by atoms with E-state index in [9.17, 15) is 14.7 Å². The molecule has 0 atom stereocenters. The summed E-state index contributed by atoms with van der Waals surface area (Å²) < 4.78 is 0. The van der Waals surface area contributed by atoms with Crippen molar-refractivity contribution < 1.29 is 54.8 Å². The number of carboxylic acid groups (broad SMARTS) is 2. The second kappa shape index (κ2) is 17.3. The average molecular weight is 366 g/mol. The van der Waals surface area contributed by atoms with Gasteiger partial charge in [0, 0.05) is 0 Å². The van der Waals surface area contributed by atoms with E-state index in [0.29, 0.717) is 0 Å². The van der Waals surface area contributed by atoms with Crippen LogP contribution < -0.4 is 34.7 Å². The molecule has 5 nitrogen and oxygen atoms in total. The van der Waals surface area contributed by atoms with Crippen LogP contribution in [0, 0.1) is 0 Å². The van der Waals surface area contributed by atoms with E-state index in [1.165, 1.54) is 54.7 Å². The van der Waals surface area contributed by atoms with Gasteiger partial charge < -0.3 is 20.5 Å². The molecule has 0 aliphatic heterocycles. The molecule has 0 radical (unpaired) electrons. The van der Waals surface area contributed by atoms with Gasteiger partial charge >= 0.3 is 35.5 Å². The van der Waals surface area contributed by atoms with Crippen molar-refractivity contribution in [2.45, 2.75) is 40.0 Å². The molecule has 0 saturated carbocycles. The Morgan fingerprint density at radius 1 is 1.00 bits per heavy atom. The summed E-state index contributed by atoms with van der Waals surface area (Å²) in [7, 11) is 0.775. The van der Waals surface area contributed by atoms with E-state index in [-0.39, 0.29) is 46.2 Å². The van der Waals surface area contributed by atoms with Crippen LogP contribution in [0.3, 0.4) is 0 Å². The van der Waals surface area contributed by atoms with Crippen molar-refractivity contribution in [3.8, 4) is 0 Å². The van der Waals surface area contributed by atoms with Gasteiger partial charge in [-0.15, -0.1) is 0 Å². The fraction of sp³-hybridized carbons (Fsp3) is 0.529. The quantitative estimate of drug-likeness (QED) is 0.489. The Kier molecular flexibility index (Phi) is 20.4. The van der Waals surface area contributed by atoms with Crippen LogP contribution in [0.5, 0.6) is 0 Å². The van der Waals surface area contributed by atoms with E-state index in [0.717, 1.165) is 17.0 Å². The molecule has 132 valence electrons. The van der Waals surface area contributed by atoms with Gasteiger partial charge in [0.15, 0.2) is 0 Å². The van der Waals surface area contributed by atoms with Gasteiger partial charge in [0.1, 0.15) is 17.3 Å². The molecule has 0 fully saturated rings. The molecule has 7 heteroatoms. The molecule has 0 bridgehead atoms. The first-order valence-electron chi connectivity index (χ1n) is 7.64. The van der Waals surface area contributed by atoms with Gasteiger partial charge in [-0.3, -0.25) is 0 Å². The average Bonchev–Trinajstić information content (AvgIpc) is 2.49. The third-order valence-electron chi connectivity index (χ3n) is 2.82. The van der Waals surface area contributed by atoms with Gasteiger partial charge in [-0.1, -0.05) is 32.9 Å². The van der Waals surface area contributed by atoms with Crippen molar-refractivity contribution in [1.29, 1.82) is 0 Å². The number of carboxylic acids is 2. The minimum atomic E-state index is -1.38. The summed E-state index contributed by atoms with van der Waals surface area (Å²) in [4.78, 5) is 20.6. The molecule has 0 unspecified atom stereocenters. The van der Waals surface area contributed by atoms with Gasteiger partial charge in [-0.25, -0.2) is 4.79 Å². The summed E-state index contributed by atoms with van der Waals surface area (Å²) in [6.07, 6.45) is 4.13. The third-order valence-corrected chi connectivity index (χ3v) is 5.78. The van der Waals surface area contributed by atoms with Crippen LogP contribution in [0.25, 0.3) is 0 Å². The van der Waals surface area contributed by atoms with E-state index in [1.807, 2.05) is 0 Å². The van der Waals surface area contributed by atoms with Crippen molar-refractivity contribution in [2.24, 2.45) is 0 Å². The topological polar surface area (TPSA) is 107 Å². The van der Waals surface area contributed by atoms with Crippen LogP contribution in [0.15, 0.2) is 24.3 Å². The number of rotatable bonds is 8. The zero-order valence-corrected chi connectivity index (χ0v) is 17.9. The predicted molar refractivity (Wildman–Crippen MR) is 92.5 cm³/mol. The number of hydrogen-bond donors (Lipinski definition) is 1. The second-order valence-corrected chi connectivity index (χ2v) is 7.35. The van der Waals surface area contributed by atoms with Gasteiger partial charge in [0.2, 0.25) is 0 Å². The fourth-order valence-electron chi connectivity index (χ4n) is 1.95. The largest absolute Gasteiger partial charge is 1.00 e. The zero-order chi connectivity index (χ0) is 17.0. The van der Waals surface area contributed by atoms with Crippen LogP contribution in [-0.4, -0.2) is 39.8 Å². The van der Waals surface area contributed by atoms with Crippen LogP contribution in [0.2, 0.25) is 0 Å². The number of hydrogen-bond acceptors (Lipinski definition) is 4. The molecule has 24 heavy (non-hydrogen) atoms. The molecular formula is C17H27NaO5S. The van der Waals surface area contributed by atoms with Crippen molar-refractivity contribution in [1.82, 2.24) is 0 Å². The maximum absolute atomic E-state index is 10.4. The third kappa shape index (κ3) is 12.8. The smallest absolute Gasteiger partial charge is 0.870 e. The van der Waals surface area contributed by atoms with E-state index < -0.39 is 11.9 Å². The minimum Gasteiger partial charge on any atom is -0.870 e. The van der Waals surface area contributed by atoms with Crippen molar-refractivity contribution >= 4 is 22.8 Å². The standard InChI is InChI=1S/C9H21S.C8H6O4.Na.H2O/c1-4-7-10(8-5-2)9-6-3;9-7(10)5-2-1-3-6(4-5)8(11)12;;/h4-9H2,1-3H3;1-4H,(H,9,10)(H,11,12);;1H2/q+1;;+1;/p-2. The molecule has 1 aromatic carbocycles. The summed E-state index contributed by atoms with van der Waals surface area (Å²) in [6.45, 7) is 6.89. The summed E-state index contributed by atoms with van der Waals surface area (Å²) >= 11 is 0. The van der Waals surface area contributed by atoms with E-state index in [1.54, 1.807) is 0 Å². The van der Waals surface area contributed by atoms with Gasteiger partial charge in [0.05, 0.1) is 11.5 Å². The van der Waals surface area contributed by atoms with Crippen LogP contribution in [-0.2, 0) is 10.9 Å². The Morgan fingerprint density at radius 2 is 1.42 bits per heavy atom. The zero-order valence-electron chi connectivity index (χ0n) is 15.1. The van der Waals surface area contributed by atoms with Crippen LogP contribution in [0.1, 0.15) is 60.7 Å². The summed E-state index contributed by atoms with van der Waals surface area (Å²) in [6, 6.07) is 5.00. The number of carbonyl (C=O) groups excluding carboxylic acids is 1. The first-order chi connectivity index (χ1) is 10.5. The first-order valence-corrected chi connectivity index (χ1v) is 9.38. The number of benzene rings is 1. The molecule has 2 N–H and O–H groups in total. The first kappa shape index (κ1) is 28.3. The molecule has 0 aliphatic rings. The molecule has 0 amide bonds. The van der Waals surface area contributed by atoms with Crippen LogP contribution in [0.4, 0.5) is 0 Å². The summed E-state index contributed by atoms with van der Waals surface area (Å²) in [5.41, 5.74) is -0.188. The monoisotopic (exact) mass is 366 g/mol. The van der Waals surface area contributed by atoms with Crippen molar-refractivity contribution in [3.63, 3.8) is 0 Å². The van der Waals surface area contributed by atoms with E-state index >= 15 is 0 Å². The normalized spacial score (nSPS) is 9.17. The SMILES string of the molecule is CCC[S+](CCC)CCC.O=C([O-])c1cccc(C(=O)O)c1.[Na+].[OH-]. The Bertz CT molecular complexity index is 425. The van der Waals surface area contributed by atoms with Gasteiger partial charge in [0.25, 0.3) is 0 Å². The second-order valence-electron chi connectivity index (χ2n) is 4.90. The molecule has 0 spiro atoms. The predicted octanol–water partition coefficient (Wildman–Crippen LogP) is -0.590. The molecule has 1 aromatic rings. The Hall–Kier alpha value is -0.530. The van der Waals surface area contributed by atoms with E-state index in [2.05, 4.69) is 20.8 Å². The van der Waals surface area contributed by atoms with Crippen LogP contribution >= 0.6 is 0 Å². The Morgan fingerprint density at radius 3 is 1.75 bits per heavy atom. The summed E-state index contributed by atoms with van der Waals surface area (Å²) in [5, 5.41) is 18.7. The van der Waals surface area contributed by atoms with Gasteiger partial charge in [-0.05, 0) is 47.9 Å². The van der Waals surface area contributed by atoms with Crippen molar-refractivity contribution in [2.75, 3.05) is 17.3 Å². The molecule has 0 heterocycles. The Labute approximate surface area is 169 Å². The number of aromatic carboxylic acids is 2. The maximum atomic E-state index is 10.4. The fourth-order valence-corrected chi connectivity index (χ4v) is 4.30. The molecule has 1 rings (SSSR count). The molecule has 0 aromatic heterocycles. The summed E-state index contributed by atoms with van der Waals surface area (Å²) in [5.74, 6) is 1.89. The van der Waals surface area contributed by atoms with E-state index in [4.69, 9.17) is 5.11 Å². The maximum Gasteiger partial charge on any atom is 1.00 e.